The molecule has 0 amide bonds. The second-order valence-electron chi connectivity index (χ2n) is 9.38. The Hall–Kier alpha value is -1.05. The molecule has 0 aliphatic carbocycles. The number of hydrogen-bond donors (Lipinski definition) is 0. The second-order valence-corrected chi connectivity index (χ2v) is 9.38. The highest BCUT2D eigenvalue weighted by Gasteiger charge is 2.02. The number of unbranched alkanes of at least 4 members (excludes halogenated alkanes) is 17. The minimum absolute atomic E-state index is 0.00612. The molecule has 0 heterocycles. The van der Waals surface area contributed by atoms with Crippen LogP contribution >= 0.6 is 0 Å². The van der Waals surface area contributed by atoms with E-state index in [1.54, 1.807) is 0 Å². The van der Waals surface area contributed by atoms with E-state index in [0.717, 1.165) is 25.7 Å². The lowest BCUT2D eigenvalue weighted by Crippen LogP contribution is -2.05. The molecular formula is C30H56O2. The molecule has 32 heavy (non-hydrogen) atoms. The first-order valence-corrected chi connectivity index (χ1v) is 14.3. The molecule has 0 spiro atoms. The predicted octanol–water partition coefficient (Wildman–Crippen LogP) is 10.3. The molecule has 0 rings (SSSR count). The van der Waals surface area contributed by atoms with Gasteiger partial charge in [0.1, 0.15) is 0 Å². The van der Waals surface area contributed by atoms with Crippen molar-refractivity contribution in [2.24, 2.45) is 0 Å². The lowest BCUT2D eigenvalue weighted by atomic mass is 10.1. The van der Waals surface area contributed by atoms with Gasteiger partial charge in [0.15, 0.2) is 0 Å². The number of carbonyl (C=O) groups excluding carboxylic acids is 1. The van der Waals surface area contributed by atoms with Crippen LogP contribution in [0.15, 0.2) is 24.3 Å². The molecule has 0 radical (unpaired) electrons. The largest absolute Gasteiger partial charge is 0.466 e. The zero-order valence-electron chi connectivity index (χ0n) is 21.9. The third-order valence-electron chi connectivity index (χ3n) is 6.09. The van der Waals surface area contributed by atoms with Crippen molar-refractivity contribution in [2.75, 3.05) is 6.61 Å². The van der Waals surface area contributed by atoms with Crippen LogP contribution in [0.3, 0.4) is 0 Å². The van der Waals surface area contributed by atoms with Crippen LogP contribution in [0.5, 0.6) is 0 Å². The maximum Gasteiger partial charge on any atom is 0.305 e. The van der Waals surface area contributed by atoms with Crippen molar-refractivity contribution in [3.63, 3.8) is 0 Å². The highest BCUT2D eigenvalue weighted by atomic mass is 16.5. The number of allylic oxidation sites excluding steroid dienone is 4. The molecule has 0 saturated heterocycles. The maximum atomic E-state index is 11.8. The van der Waals surface area contributed by atoms with Crippen LogP contribution in [0.25, 0.3) is 0 Å². The van der Waals surface area contributed by atoms with Crippen molar-refractivity contribution in [3.05, 3.63) is 24.3 Å². The SMILES string of the molecule is CCCCCC=CCC=CCCCCCCCC(=O)OCCCCCCCCCCCC. The van der Waals surface area contributed by atoms with Crippen LogP contribution in [-0.4, -0.2) is 12.6 Å². The van der Waals surface area contributed by atoms with Crippen molar-refractivity contribution in [3.8, 4) is 0 Å². The van der Waals surface area contributed by atoms with Crippen LogP contribution in [0.2, 0.25) is 0 Å². The number of carbonyl (C=O) groups is 1. The fraction of sp³-hybridized carbons (Fsp3) is 0.833. The van der Waals surface area contributed by atoms with E-state index >= 15 is 0 Å². The molecule has 0 aromatic rings. The summed E-state index contributed by atoms with van der Waals surface area (Å²) in [6, 6.07) is 0. The van der Waals surface area contributed by atoms with Gasteiger partial charge in [-0.1, -0.05) is 128 Å². The maximum absolute atomic E-state index is 11.8. The third kappa shape index (κ3) is 27.0. The predicted molar refractivity (Wildman–Crippen MR) is 142 cm³/mol. The van der Waals surface area contributed by atoms with E-state index in [-0.39, 0.29) is 5.97 Å². The fourth-order valence-electron chi connectivity index (χ4n) is 3.93. The van der Waals surface area contributed by atoms with E-state index in [0.29, 0.717) is 13.0 Å². The van der Waals surface area contributed by atoms with Gasteiger partial charge in [0.25, 0.3) is 0 Å². The van der Waals surface area contributed by atoms with Crippen molar-refractivity contribution in [2.45, 2.75) is 155 Å². The van der Waals surface area contributed by atoms with Gasteiger partial charge in [0.2, 0.25) is 0 Å². The van der Waals surface area contributed by atoms with Crippen molar-refractivity contribution in [1.82, 2.24) is 0 Å². The van der Waals surface area contributed by atoms with Crippen LogP contribution in [-0.2, 0) is 9.53 Å². The molecule has 0 aromatic carbocycles. The summed E-state index contributed by atoms with van der Waals surface area (Å²) < 4.78 is 5.38. The van der Waals surface area contributed by atoms with Gasteiger partial charge in [-0.15, -0.1) is 0 Å². The Balaban J connectivity index is 3.24. The Bertz CT molecular complexity index is 425. The van der Waals surface area contributed by atoms with Crippen molar-refractivity contribution < 1.29 is 9.53 Å². The van der Waals surface area contributed by atoms with Gasteiger partial charge in [-0.05, 0) is 44.9 Å². The molecular weight excluding hydrogens is 392 g/mol. The van der Waals surface area contributed by atoms with Gasteiger partial charge in [-0.2, -0.15) is 0 Å². The minimum atomic E-state index is 0.00612. The molecule has 0 saturated carbocycles. The van der Waals surface area contributed by atoms with Gasteiger partial charge in [-0.25, -0.2) is 0 Å². The van der Waals surface area contributed by atoms with Crippen LogP contribution in [0.4, 0.5) is 0 Å². The van der Waals surface area contributed by atoms with Gasteiger partial charge in [0, 0.05) is 6.42 Å². The summed E-state index contributed by atoms with van der Waals surface area (Å²) in [5, 5.41) is 0. The average molecular weight is 449 g/mol. The monoisotopic (exact) mass is 448 g/mol. The lowest BCUT2D eigenvalue weighted by Gasteiger charge is -2.05. The third-order valence-corrected chi connectivity index (χ3v) is 6.09. The average Bonchev–Trinajstić information content (AvgIpc) is 2.80. The van der Waals surface area contributed by atoms with E-state index < -0.39 is 0 Å². The van der Waals surface area contributed by atoms with E-state index in [2.05, 4.69) is 38.2 Å². The highest BCUT2D eigenvalue weighted by molar-refractivity contribution is 5.69. The molecule has 188 valence electrons. The number of ether oxygens (including phenoxy) is 1. The molecule has 0 bridgehead atoms. The van der Waals surface area contributed by atoms with E-state index in [1.165, 1.54) is 109 Å². The summed E-state index contributed by atoms with van der Waals surface area (Å²) >= 11 is 0. The summed E-state index contributed by atoms with van der Waals surface area (Å²) in [5.41, 5.74) is 0. The van der Waals surface area contributed by atoms with Crippen LogP contribution in [0.1, 0.15) is 155 Å². The molecule has 0 aliphatic heterocycles. The first-order chi connectivity index (χ1) is 15.8. The van der Waals surface area contributed by atoms with Gasteiger partial charge in [-0.3, -0.25) is 4.79 Å². The number of esters is 1. The summed E-state index contributed by atoms with van der Waals surface area (Å²) in [7, 11) is 0. The van der Waals surface area contributed by atoms with E-state index in [1.807, 2.05) is 0 Å². The van der Waals surface area contributed by atoms with Gasteiger partial charge < -0.3 is 4.74 Å². The molecule has 0 fully saturated rings. The summed E-state index contributed by atoms with van der Waals surface area (Å²) in [4.78, 5) is 11.8. The first kappa shape index (κ1) is 30.9. The Kier molecular flexibility index (Phi) is 27.1. The Morgan fingerprint density at radius 3 is 1.56 bits per heavy atom. The Morgan fingerprint density at radius 1 is 0.531 bits per heavy atom. The standard InChI is InChI=1S/C30H56O2/c1-3-5-7-9-11-13-15-16-17-18-19-20-22-24-26-28-30(31)32-29-27-25-23-21-14-12-10-8-6-4-2/h11,13,16-17H,3-10,12,14-15,18-29H2,1-2H3. The highest BCUT2D eigenvalue weighted by Crippen LogP contribution is 2.11. The smallest absolute Gasteiger partial charge is 0.305 e. The zero-order valence-corrected chi connectivity index (χ0v) is 21.9. The fourth-order valence-corrected chi connectivity index (χ4v) is 3.93. The molecule has 0 unspecified atom stereocenters. The number of hydrogen-bond acceptors (Lipinski definition) is 2. The quantitative estimate of drug-likeness (QED) is 0.0788. The second kappa shape index (κ2) is 28.0. The first-order valence-electron chi connectivity index (χ1n) is 14.3. The summed E-state index contributed by atoms with van der Waals surface area (Å²) in [5.74, 6) is 0.00612. The molecule has 2 nitrogen and oxygen atoms in total. The van der Waals surface area contributed by atoms with E-state index in [9.17, 15) is 4.79 Å². The van der Waals surface area contributed by atoms with Gasteiger partial charge in [0.05, 0.1) is 6.61 Å². The lowest BCUT2D eigenvalue weighted by molar-refractivity contribution is -0.143. The molecule has 0 N–H and O–H groups in total. The van der Waals surface area contributed by atoms with E-state index in [4.69, 9.17) is 4.74 Å². The van der Waals surface area contributed by atoms with Gasteiger partial charge >= 0.3 is 5.97 Å². The normalized spacial score (nSPS) is 11.7. The number of rotatable bonds is 25. The molecule has 0 atom stereocenters. The minimum Gasteiger partial charge on any atom is -0.466 e. The Morgan fingerprint density at radius 2 is 0.969 bits per heavy atom. The molecule has 0 aliphatic rings. The van der Waals surface area contributed by atoms with Crippen molar-refractivity contribution >= 4 is 5.97 Å². The molecule has 0 aromatic heterocycles. The Labute approximate surface area is 201 Å². The summed E-state index contributed by atoms with van der Waals surface area (Å²) in [6.45, 7) is 5.14. The molecule has 2 heteroatoms. The summed E-state index contributed by atoms with van der Waals surface area (Å²) in [6.07, 6.45) is 36.3. The topological polar surface area (TPSA) is 26.3 Å². The zero-order chi connectivity index (χ0) is 23.4. The van der Waals surface area contributed by atoms with Crippen molar-refractivity contribution in [1.29, 1.82) is 0 Å². The van der Waals surface area contributed by atoms with Crippen LogP contribution in [0, 0.1) is 0 Å². The van der Waals surface area contributed by atoms with Crippen LogP contribution < -0.4 is 0 Å².